The van der Waals surface area contributed by atoms with E-state index in [-0.39, 0.29) is 24.0 Å². The summed E-state index contributed by atoms with van der Waals surface area (Å²) in [6, 6.07) is 11.5. The van der Waals surface area contributed by atoms with E-state index < -0.39 is 15.9 Å². The van der Waals surface area contributed by atoms with Crippen molar-refractivity contribution < 1.29 is 22.7 Å². The number of nitrogens with one attached hydrogen (secondary N) is 2. The van der Waals surface area contributed by atoms with Gasteiger partial charge in [0.1, 0.15) is 12.3 Å². The predicted molar refractivity (Wildman–Crippen MR) is 98.7 cm³/mol. The third-order valence-electron chi connectivity index (χ3n) is 4.22. The lowest BCUT2D eigenvalue weighted by Gasteiger charge is -2.28. The summed E-state index contributed by atoms with van der Waals surface area (Å²) < 4.78 is 30.0. The maximum atomic E-state index is 12.3. The number of benzene rings is 2. The number of nitrogens with zero attached hydrogens (tertiary/aromatic N) is 1. The Hall–Kier alpha value is -2.91. The molecule has 0 aliphatic carbocycles. The van der Waals surface area contributed by atoms with E-state index >= 15 is 0 Å². The molecule has 1 aliphatic heterocycles. The van der Waals surface area contributed by atoms with Crippen molar-refractivity contribution in [2.24, 2.45) is 0 Å². The van der Waals surface area contributed by atoms with Gasteiger partial charge in [0.2, 0.25) is 0 Å². The molecule has 0 fully saturated rings. The highest BCUT2D eigenvalue weighted by molar-refractivity contribution is 7.89. The average molecular weight is 389 g/mol. The molecule has 2 aromatic rings. The lowest BCUT2D eigenvalue weighted by atomic mass is 10.1. The van der Waals surface area contributed by atoms with Crippen LogP contribution in [-0.4, -0.2) is 33.4 Å². The topological polar surface area (TPSA) is 105 Å². The number of ether oxygens (including phenoxy) is 1. The summed E-state index contributed by atoms with van der Waals surface area (Å²) >= 11 is 0. The van der Waals surface area contributed by atoms with Crippen molar-refractivity contribution >= 4 is 27.5 Å². The fourth-order valence-corrected chi connectivity index (χ4v) is 3.52. The number of para-hydroxylation sites is 2. The van der Waals surface area contributed by atoms with Crippen LogP contribution in [0.25, 0.3) is 0 Å². The summed E-state index contributed by atoms with van der Waals surface area (Å²) in [4.78, 5) is 27.6. The first-order valence-corrected chi connectivity index (χ1v) is 9.66. The van der Waals surface area contributed by atoms with Crippen LogP contribution in [0, 0.1) is 13.8 Å². The van der Waals surface area contributed by atoms with Gasteiger partial charge in [-0.05, 0) is 49.2 Å². The molecule has 0 atom stereocenters. The number of sulfonamides is 1. The lowest BCUT2D eigenvalue weighted by Crippen LogP contribution is -2.49. The van der Waals surface area contributed by atoms with Crippen LogP contribution in [0.1, 0.15) is 11.1 Å². The van der Waals surface area contributed by atoms with Crippen LogP contribution in [-0.2, 0) is 19.6 Å². The second kappa shape index (κ2) is 7.37. The number of hydrogen-bond acceptors (Lipinski definition) is 5. The molecule has 2 aromatic carbocycles. The van der Waals surface area contributed by atoms with E-state index in [1.165, 1.54) is 17.0 Å². The molecule has 0 bridgehead atoms. The molecular formula is C18H19N3O5S. The molecule has 142 valence electrons. The van der Waals surface area contributed by atoms with Gasteiger partial charge < -0.3 is 4.74 Å². The Labute approximate surface area is 157 Å². The van der Waals surface area contributed by atoms with E-state index in [1.54, 1.807) is 37.3 Å². The Balaban J connectivity index is 1.68. The third kappa shape index (κ3) is 4.09. The molecule has 0 aromatic heterocycles. The highest BCUT2D eigenvalue weighted by Gasteiger charge is 2.27. The Morgan fingerprint density at radius 1 is 1.15 bits per heavy atom. The van der Waals surface area contributed by atoms with Gasteiger partial charge in [-0.2, -0.15) is 0 Å². The van der Waals surface area contributed by atoms with E-state index in [0.29, 0.717) is 11.4 Å². The van der Waals surface area contributed by atoms with Gasteiger partial charge >= 0.3 is 0 Å². The molecule has 27 heavy (non-hydrogen) atoms. The number of hydrogen-bond donors (Lipinski definition) is 2. The van der Waals surface area contributed by atoms with Gasteiger partial charge in [-0.3, -0.25) is 19.9 Å². The molecule has 8 nitrogen and oxygen atoms in total. The van der Waals surface area contributed by atoms with Crippen molar-refractivity contribution in [2.45, 2.75) is 18.7 Å². The molecule has 3 rings (SSSR count). The summed E-state index contributed by atoms with van der Waals surface area (Å²) in [6.07, 6.45) is 0. The number of aryl methyl sites for hydroxylation is 2. The number of amides is 2. The minimum Gasteiger partial charge on any atom is -0.482 e. The number of rotatable bonds is 5. The van der Waals surface area contributed by atoms with Crippen molar-refractivity contribution in [1.29, 1.82) is 0 Å². The fraction of sp³-hybridized carbons (Fsp3) is 0.222. The number of carbonyl (C=O) groups is 2. The highest BCUT2D eigenvalue weighted by Crippen LogP contribution is 2.31. The van der Waals surface area contributed by atoms with Crippen LogP contribution in [0.15, 0.2) is 47.4 Å². The number of anilines is 1. The molecule has 1 heterocycles. The minimum atomic E-state index is -3.92. The largest absolute Gasteiger partial charge is 0.482 e. The zero-order chi connectivity index (χ0) is 19.6. The Morgan fingerprint density at radius 2 is 1.89 bits per heavy atom. The molecular weight excluding hydrogens is 370 g/mol. The molecule has 0 saturated heterocycles. The van der Waals surface area contributed by atoms with Crippen molar-refractivity contribution in [1.82, 2.24) is 10.3 Å². The molecule has 2 amide bonds. The van der Waals surface area contributed by atoms with Crippen LogP contribution in [0.4, 0.5) is 5.69 Å². The molecule has 0 spiro atoms. The number of hydrazine groups is 1. The van der Waals surface area contributed by atoms with Gasteiger partial charge in [0.05, 0.1) is 10.6 Å². The monoisotopic (exact) mass is 389 g/mol. The molecule has 9 heteroatoms. The van der Waals surface area contributed by atoms with Crippen LogP contribution < -0.4 is 19.9 Å². The zero-order valence-corrected chi connectivity index (χ0v) is 15.7. The summed E-state index contributed by atoms with van der Waals surface area (Å²) in [7, 11) is -3.92. The summed E-state index contributed by atoms with van der Waals surface area (Å²) in [5, 5.41) is 0. The fourth-order valence-electron chi connectivity index (χ4n) is 2.57. The van der Waals surface area contributed by atoms with Crippen molar-refractivity contribution in [3.8, 4) is 5.75 Å². The Morgan fingerprint density at radius 3 is 2.63 bits per heavy atom. The number of fused-ring (bicyclic) bond motifs is 1. The maximum Gasteiger partial charge on any atom is 0.265 e. The maximum absolute atomic E-state index is 12.3. The van der Waals surface area contributed by atoms with Gasteiger partial charge in [-0.1, -0.05) is 18.2 Å². The summed E-state index contributed by atoms with van der Waals surface area (Å²) in [5.74, 6) is -0.575. The standard InChI is InChI=1S/C18H19N3O5S/c1-12-7-8-14(9-13(12)2)27(24,25)20-19-17(22)10-21-15-5-3-4-6-16(15)26-11-18(21)23/h3-9,20H,10-11H2,1-2H3,(H,19,22). The van der Waals surface area contributed by atoms with Gasteiger partial charge in [-0.25, -0.2) is 8.42 Å². The Kier molecular flexibility index (Phi) is 5.15. The first kappa shape index (κ1) is 18.9. The molecule has 1 aliphatic rings. The van der Waals surface area contributed by atoms with Crippen LogP contribution in [0.3, 0.4) is 0 Å². The predicted octanol–water partition coefficient (Wildman–Crippen LogP) is 1.04. The minimum absolute atomic E-state index is 0.0405. The Bertz CT molecular complexity index is 1000. The van der Waals surface area contributed by atoms with E-state index in [1.807, 2.05) is 6.92 Å². The van der Waals surface area contributed by atoms with Crippen molar-refractivity contribution in [2.75, 3.05) is 18.1 Å². The quantitative estimate of drug-likeness (QED) is 0.744. The van der Waals surface area contributed by atoms with Crippen LogP contribution in [0.2, 0.25) is 0 Å². The second-order valence-corrected chi connectivity index (χ2v) is 7.82. The zero-order valence-electron chi connectivity index (χ0n) is 14.9. The second-order valence-electron chi connectivity index (χ2n) is 6.14. The van der Waals surface area contributed by atoms with E-state index in [2.05, 4.69) is 10.3 Å². The van der Waals surface area contributed by atoms with E-state index in [0.717, 1.165) is 11.1 Å². The first-order valence-electron chi connectivity index (χ1n) is 8.18. The van der Waals surface area contributed by atoms with Gasteiger partial charge in [0, 0.05) is 0 Å². The van der Waals surface area contributed by atoms with E-state index in [4.69, 9.17) is 4.74 Å². The normalized spacial score (nSPS) is 13.7. The molecule has 0 unspecified atom stereocenters. The molecule has 0 radical (unpaired) electrons. The summed E-state index contributed by atoms with van der Waals surface area (Å²) in [6.45, 7) is 3.15. The van der Waals surface area contributed by atoms with Crippen LogP contribution in [0.5, 0.6) is 5.75 Å². The van der Waals surface area contributed by atoms with E-state index in [9.17, 15) is 18.0 Å². The third-order valence-corrected chi connectivity index (χ3v) is 5.47. The molecule has 0 saturated carbocycles. The average Bonchev–Trinajstić information content (AvgIpc) is 2.64. The first-order chi connectivity index (χ1) is 12.8. The van der Waals surface area contributed by atoms with Crippen molar-refractivity contribution in [3.05, 3.63) is 53.6 Å². The number of carbonyl (C=O) groups excluding carboxylic acids is 2. The molecule has 2 N–H and O–H groups in total. The SMILES string of the molecule is Cc1ccc(S(=O)(=O)NNC(=O)CN2C(=O)COc3ccccc32)cc1C. The highest BCUT2D eigenvalue weighted by atomic mass is 32.2. The van der Waals surface area contributed by atoms with Gasteiger partial charge in [-0.15, -0.1) is 4.83 Å². The smallest absolute Gasteiger partial charge is 0.265 e. The van der Waals surface area contributed by atoms with Crippen LogP contribution >= 0.6 is 0 Å². The van der Waals surface area contributed by atoms with Crippen molar-refractivity contribution in [3.63, 3.8) is 0 Å². The van der Waals surface area contributed by atoms with Gasteiger partial charge in [0.25, 0.3) is 21.8 Å². The van der Waals surface area contributed by atoms with Gasteiger partial charge in [0.15, 0.2) is 6.61 Å². The summed E-state index contributed by atoms with van der Waals surface area (Å²) in [5.41, 5.74) is 4.38. The lowest BCUT2D eigenvalue weighted by molar-refractivity contribution is -0.125.